The van der Waals surface area contributed by atoms with Crippen LogP contribution in [0.2, 0.25) is 0 Å². The molecule has 2 nitrogen and oxygen atoms in total. The average Bonchev–Trinajstić information content (AvgIpc) is 2.34. The molecule has 0 aromatic heterocycles. The van der Waals surface area contributed by atoms with Crippen LogP contribution in [0.3, 0.4) is 0 Å². The molecule has 0 amide bonds. The van der Waals surface area contributed by atoms with Crippen LogP contribution < -0.4 is 0 Å². The molecule has 0 atom stereocenters. The van der Waals surface area contributed by atoms with Crippen LogP contribution in [0.5, 0.6) is 0 Å². The minimum absolute atomic E-state index is 0.228. The lowest BCUT2D eigenvalue weighted by Gasteiger charge is -2.17. The van der Waals surface area contributed by atoms with Crippen molar-refractivity contribution >= 4 is 5.97 Å². The summed E-state index contributed by atoms with van der Waals surface area (Å²) < 4.78 is 5.20. The van der Waals surface area contributed by atoms with E-state index in [1.54, 1.807) is 6.08 Å². The van der Waals surface area contributed by atoms with Crippen molar-refractivity contribution in [3.05, 3.63) is 12.2 Å². The Hall–Kier alpha value is -0.790. The number of esters is 1. The van der Waals surface area contributed by atoms with Gasteiger partial charge in [-0.3, -0.25) is 0 Å². The molecule has 0 radical (unpaired) electrons. The first-order valence-electron chi connectivity index (χ1n) is 8.35. The molecule has 0 aliphatic carbocycles. The van der Waals surface area contributed by atoms with Gasteiger partial charge in [0.25, 0.3) is 0 Å². The number of ether oxygens (including phenoxy) is 1. The van der Waals surface area contributed by atoms with E-state index in [4.69, 9.17) is 4.74 Å². The normalized spacial score (nSPS) is 12.0. The fraction of sp³-hybridized carbons (Fsp3) is 0.833. The van der Waals surface area contributed by atoms with Crippen molar-refractivity contribution in [3.63, 3.8) is 0 Å². The zero-order valence-corrected chi connectivity index (χ0v) is 14.0. The summed E-state index contributed by atoms with van der Waals surface area (Å²) in [5.74, 6) is -0.228. The Labute approximate surface area is 126 Å². The second-order valence-corrected chi connectivity index (χ2v) is 6.55. The van der Waals surface area contributed by atoms with Gasteiger partial charge >= 0.3 is 5.97 Å². The van der Waals surface area contributed by atoms with Crippen molar-refractivity contribution in [2.24, 2.45) is 0 Å². The topological polar surface area (TPSA) is 26.3 Å². The van der Waals surface area contributed by atoms with Crippen LogP contribution in [0.4, 0.5) is 0 Å². The summed E-state index contributed by atoms with van der Waals surface area (Å²) in [4.78, 5) is 11.4. The minimum Gasteiger partial charge on any atom is -0.457 e. The highest BCUT2D eigenvalue weighted by Gasteiger charge is 2.13. The van der Waals surface area contributed by atoms with Crippen molar-refractivity contribution < 1.29 is 9.53 Å². The monoisotopic (exact) mass is 282 g/mol. The summed E-state index contributed by atoms with van der Waals surface area (Å²) in [6.07, 6.45) is 16.5. The maximum atomic E-state index is 11.4. The van der Waals surface area contributed by atoms with Crippen molar-refractivity contribution in [1.29, 1.82) is 0 Å². The van der Waals surface area contributed by atoms with E-state index in [0.29, 0.717) is 0 Å². The van der Waals surface area contributed by atoms with Gasteiger partial charge in [0.05, 0.1) is 0 Å². The Balaban J connectivity index is 3.33. The molecule has 0 spiro atoms. The molecule has 0 aliphatic heterocycles. The lowest BCUT2D eigenvalue weighted by Crippen LogP contribution is -2.22. The van der Waals surface area contributed by atoms with Crippen LogP contribution >= 0.6 is 0 Å². The van der Waals surface area contributed by atoms with E-state index in [9.17, 15) is 4.79 Å². The van der Waals surface area contributed by atoms with Crippen molar-refractivity contribution in [3.8, 4) is 0 Å². The molecule has 0 fully saturated rings. The van der Waals surface area contributed by atoms with E-state index in [0.717, 1.165) is 6.42 Å². The van der Waals surface area contributed by atoms with Gasteiger partial charge in [-0.2, -0.15) is 0 Å². The van der Waals surface area contributed by atoms with Gasteiger partial charge < -0.3 is 4.74 Å². The van der Waals surface area contributed by atoms with Gasteiger partial charge in [-0.1, -0.05) is 64.4 Å². The van der Waals surface area contributed by atoms with Gasteiger partial charge in [0.1, 0.15) is 5.60 Å². The number of allylic oxidation sites excluding steroid dienone is 1. The fourth-order valence-electron chi connectivity index (χ4n) is 2.09. The summed E-state index contributed by atoms with van der Waals surface area (Å²) in [6, 6.07) is 0. The second kappa shape index (κ2) is 12.0. The van der Waals surface area contributed by atoms with Gasteiger partial charge in [0.2, 0.25) is 0 Å². The van der Waals surface area contributed by atoms with Gasteiger partial charge in [0, 0.05) is 6.08 Å². The fourth-order valence-corrected chi connectivity index (χ4v) is 2.09. The number of rotatable bonds is 11. The smallest absolute Gasteiger partial charge is 0.330 e. The predicted molar refractivity (Wildman–Crippen MR) is 86.8 cm³/mol. The van der Waals surface area contributed by atoms with Crippen LogP contribution in [0.15, 0.2) is 12.2 Å². The van der Waals surface area contributed by atoms with Crippen molar-refractivity contribution in [2.75, 3.05) is 0 Å². The number of carbonyl (C=O) groups excluding carboxylic acids is 1. The van der Waals surface area contributed by atoms with Crippen molar-refractivity contribution in [2.45, 2.75) is 97.5 Å². The van der Waals surface area contributed by atoms with E-state index in [1.165, 1.54) is 57.8 Å². The predicted octanol–water partition coefficient (Wildman–Crippen LogP) is 5.81. The molecule has 2 heteroatoms. The number of carbonyl (C=O) groups is 1. The standard InChI is InChI=1S/C18H34O2/c1-5-6-7-8-9-10-11-12-13-14-15-16-17(19)20-18(2,3)4/h15-16H,5-14H2,1-4H3/b16-15+. The molecule has 118 valence electrons. The average molecular weight is 282 g/mol. The summed E-state index contributed by atoms with van der Waals surface area (Å²) in [6.45, 7) is 7.92. The molecule has 0 N–H and O–H groups in total. The molecular formula is C18H34O2. The van der Waals surface area contributed by atoms with Crippen LogP contribution in [0, 0.1) is 0 Å². The Morgan fingerprint density at radius 1 is 0.900 bits per heavy atom. The number of hydrogen-bond acceptors (Lipinski definition) is 2. The van der Waals surface area contributed by atoms with Gasteiger partial charge in [-0.05, 0) is 33.6 Å². The third kappa shape index (κ3) is 15.3. The maximum absolute atomic E-state index is 11.4. The first-order valence-corrected chi connectivity index (χ1v) is 8.35. The lowest BCUT2D eigenvalue weighted by molar-refractivity contribution is -0.148. The Bertz CT molecular complexity index is 261. The van der Waals surface area contributed by atoms with E-state index < -0.39 is 0 Å². The largest absolute Gasteiger partial charge is 0.457 e. The van der Waals surface area contributed by atoms with E-state index in [2.05, 4.69) is 6.92 Å². The number of hydrogen-bond donors (Lipinski definition) is 0. The highest BCUT2D eigenvalue weighted by atomic mass is 16.6. The Morgan fingerprint density at radius 3 is 1.90 bits per heavy atom. The first-order chi connectivity index (χ1) is 9.45. The third-order valence-corrected chi connectivity index (χ3v) is 3.14. The molecule has 0 aliphatic rings. The number of unbranched alkanes of at least 4 members (excludes halogenated alkanes) is 9. The first kappa shape index (κ1) is 19.2. The summed E-state index contributed by atoms with van der Waals surface area (Å²) in [7, 11) is 0. The molecule has 0 aromatic carbocycles. The van der Waals surface area contributed by atoms with Gasteiger partial charge in [-0.15, -0.1) is 0 Å². The molecule has 0 saturated heterocycles. The SMILES string of the molecule is CCCCCCCCCCC/C=C/C(=O)OC(C)(C)C. The third-order valence-electron chi connectivity index (χ3n) is 3.14. The Kier molecular flexibility index (Phi) is 11.5. The van der Waals surface area contributed by atoms with Gasteiger partial charge in [-0.25, -0.2) is 4.79 Å². The molecule has 0 saturated carbocycles. The quantitative estimate of drug-likeness (QED) is 0.272. The van der Waals surface area contributed by atoms with Gasteiger partial charge in [0.15, 0.2) is 0 Å². The molecule has 0 rings (SSSR count). The van der Waals surface area contributed by atoms with E-state index >= 15 is 0 Å². The zero-order valence-electron chi connectivity index (χ0n) is 14.0. The summed E-state index contributed by atoms with van der Waals surface area (Å²) >= 11 is 0. The van der Waals surface area contributed by atoms with Crippen LogP contribution in [0.25, 0.3) is 0 Å². The molecule has 0 bridgehead atoms. The van der Waals surface area contributed by atoms with Crippen LogP contribution in [-0.2, 0) is 9.53 Å². The van der Waals surface area contributed by atoms with Crippen molar-refractivity contribution in [1.82, 2.24) is 0 Å². The maximum Gasteiger partial charge on any atom is 0.330 e. The summed E-state index contributed by atoms with van der Waals surface area (Å²) in [5, 5.41) is 0. The molecule has 0 heterocycles. The molecule has 0 aromatic rings. The second-order valence-electron chi connectivity index (χ2n) is 6.55. The lowest BCUT2D eigenvalue weighted by atomic mass is 10.1. The van der Waals surface area contributed by atoms with E-state index in [1.807, 2.05) is 26.8 Å². The zero-order chi connectivity index (χ0) is 15.3. The highest BCUT2D eigenvalue weighted by Crippen LogP contribution is 2.11. The summed E-state index contributed by atoms with van der Waals surface area (Å²) in [5.41, 5.74) is -0.390. The van der Waals surface area contributed by atoms with Crippen LogP contribution in [-0.4, -0.2) is 11.6 Å². The molecule has 20 heavy (non-hydrogen) atoms. The molecule has 0 unspecified atom stereocenters. The van der Waals surface area contributed by atoms with Crippen LogP contribution in [0.1, 0.15) is 91.9 Å². The highest BCUT2D eigenvalue weighted by molar-refractivity contribution is 5.82. The van der Waals surface area contributed by atoms with E-state index in [-0.39, 0.29) is 11.6 Å². The molecular weight excluding hydrogens is 248 g/mol. The Morgan fingerprint density at radius 2 is 1.40 bits per heavy atom. The minimum atomic E-state index is -0.390.